The Hall–Kier alpha value is -19.0. The summed E-state index contributed by atoms with van der Waals surface area (Å²) in [6.07, 6.45) is 0. The van der Waals surface area contributed by atoms with Crippen molar-refractivity contribution in [2.45, 2.75) is 19.3 Å². The molecule has 28 rings (SSSR count). The molecule has 0 saturated heterocycles. The molecule has 0 amide bonds. The molecule has 4 aromatic heterocycles. The zero-order valence-electron chi connectivity index (χ0n) is 78.8. The Morgan fingerprint density at radius 2 is 0.410 bits per heavy atom. The topological polar surface area (TPSA) is 121 Å². The van der Waals surface area contributed by atoms with Crippen molar-refractivity contribution >= 4 is 108 Å². The second-order valence-electron chi connectivity index (χ2n) is 37.4. The highest BCUT2D eigenvalue weighted by molar-refractivity contribution is 6.27. The quantitative estimate of drug-likeness (QED) is 0.104. The summed E-state index contributed by atoms with van der Waals surface area (Å²) in [5.41, 5.74) is 24.4. The van der Waals surface area contributed by atoms with Gasteiger partial charge in [0, 0.05) is 71.9 Å². The van der Waals surface area contributed by atoms with Gasteiger partial charge in [-0.2, -0.15) is 0 Å². The number of hydrogen-bond donors (Lipinski definition) is 0. The van der Waals surface area contributed by atoms with Gasteiger partial charge in [-0.25, -0.2) is 44.9 Å². The zero-order valence-corrected chi connectivity index (χ0v) is 78.8. The molecule has 0 atom stereocenters. The molecular weight excluding hydrogens is 1750 g/mol. The average Bonchev–Trinajstić information content (AvgIpc) is 1.41. The first-order valence-corrected chi connectivity index (χ1v) is 48.9. The van der Waals surface area contributed by atoms with E-state index in [0.29, 0.717) is 52.4 Å². The van der Waals surface area contributed by atoms with Crippen molar-refractivity contribution < 1.29 is 0 Å². The fourth-order valence-corrected chi connectivity index (χ4v) is 21.4. The molecule has 0 N–H and O–H groups in total. The monoisotopic (exact) mass is 1840 g/mol. The Morgan fingerprint density at radius 3 is 0.854 bits per heavy atom. The van der Waals surface area contributed by atoms with Crippen LogP contribution in [0.25, 0.3) is 261 Å². The Balaban J connectivity index is 0.000000111. The molecule has 0 fully saturated rings. The van der Waals surface area contributed by atoms with Gasteiger partial charge in [0.05, 0.1) is 11.0 Å². The molecule has 23 aromatic carbocycles. The first-order valence-electron chi connectivity index (χ1n) is 48.9. The maximum atomic E-state index is 5.17. The summed E-state index contributed by atoms with van der Waals surface area (Å²) in [5, 5.41) is 22.2. The van der Waals surface area contributed by atoms with Crippen LogP contribution in [-0.2, 0) is 5.41 Å². The van der Waals surface area contributed by atoms with Crippen LogP contribution in [0.15, 0.2) is 497 Å². The first-order chi connectivity index (χ1) is 71.1. The molecule has 4 heterocycles. The minimum atomic E-state index is -0.0100. The molecule has 674 valence electrons. The molecule has 10 heteroatoms. The van der Waals surface area contributed by atoms with Gasteiger partial charge in [-0.1, -0.05) is 451 Å². The fourth-order valence-electron chi connectivity index (χ4n) is 21.4. The smallest absolute Gasteiger partial charge is 0.164 e. The Bertz CT molecular complexity index is 9470. The van der Waals surface area contributed by atoms with Crippen LogP contribution in [0.3, 0.4) is 0 Å². The number of nitrogens with zero attached hydrogens (tertiary/aromatic N) is 10. The lowest BCUT2D eigenvalue weighted by Gasteiger charge is -2.21. The lowest BCUT2D eigenvalue weighted by molar-refractivity contribution is 0.660. The maximum Gasteiger partial charge on any atom is 0.164 e. The first kappa shape index (κ1) is 85.4. The number of benzene rings is 23. The Labute approximate surface area is 832 Å². The van der Waals surface area contributed by atoms with Gasteiger partial charge in [0.15, 0.2) is 52.4 Å². The van der Waals surface area contributed by atoms with Crippen molar-refractivity contribution in [1.82, 2.24) is 49.4 Å². The third kappa shape index (κ3) is 15.6. The SMILES string of the molecule is CC1(C)c2ccccc2-c2cc(-c3ccc4c(c3)c3ccccc3n4-c3cccc(-c4nc(-c5ccccc5)nc(-c5ccccc5)n4)c3)ccc21.c1cc(-c2ccc3c4ccccc4c4ccccc4c3c2)cc(-c2nc(-c3cccc4ccccc34)nc(-c3cccc4ccccc34)n2)c1.c1ccc(-c2nc(-c3ccccc3)nc(-c3cccc(-c4ccc5c6ccccc6c6ccccc6c5c4)c3)n2)cc1. The highest BCUT2D eigenvalue weighted by Crippen LogP contribution is 2.51. The van der Waals surface area contributed by atoms with E-state index in [4.69, 9.17) is 44.9 Å². The number of para-hydroxylation sites is 1. The van der Waals surface area contributed by atoms with E-state index in [2.05, 4.69) is 395 Å². The predicted octanol–water partition coefficient (Wildman–Crippen LogP) is 34.2. The largest absolute Gasteiger partial charge is 0.309 e. The average molecular weight is 1840 g/mol. The molecule has 1 aliphatic carbocycles. The molecule has 144 heavy (non-hydrogen) atoms. The van der Waals surface area contributed by atoms with E-state index in [9.17, 15) is 0 Å². The van der Waals surface area contributed by atoms with Crippen LogP contribution >= 0.6 is 0 Å². The molecule has 0 saturated carbocycles. The summed E-state index contributed by atoms with van der Waals surface area (Å²) in [4.78, 5) is 45.1. The summed E-state index contributed by atoms with van der Waals surface area (Å²) < 4.78 is 2.36. The third-order valence-corrected chi connectivity index (χ3v) is 28.4. The molecule has 0 radical (unpaired) electrons. The van der Waals surface area contributed by atoms with E-state index < -0.39 is 0 Å². The van der Waals surface area contributed by atoms with E-state index in [0.717, 1.165) is 111 Å². The van der Waals surface area contributed by atoms with Crippen LogP contribution in [0.4, 0.5) is 0 Å². The highest BCUT2D eigenvalue weighted by Gasteiger charge is 2.36. The van der Waals surface area contributed by atoms with Gasteiger partial charge in [0.2, 0.25) is 0 Å². The van der Waals surface area contributed by atoms with Crippen LogP contribution in [0, 0.1) is 0 Å². The van der Waals surface area contributed by atoms with Gasteiger partial charge in [-0.15, -0.1) is 0 Å². The lowest BCUT2D eigenvalue weighted by Crippen LogP contribution is -2.14. The van der Waals surface area contributed by atoms with Crippen molar-refractivity contribution in [3.63, 3.8) is 0 Å². The summed E-state index contributed by atoms with van der Waals surface area (Å²) in [7, 11) is 0. The second-order valence-corrected chi connectivity index (χ2v) is 37.4. The molecular formula is C134H88N10. The predicted molar refractivity (Wildman–Crippen MR) is 597 cm³/mol. The van der Waals surface area contributed by atoms with E-state index >= 15 is 0 Å². The van der Waals surface area contributed by atoms with Gasteiger partial charge < -0.3 is 4.57 Å². The fraction of sp³-hybridized carbons (Fsp3) is 0.0224. The Kier molecular flexibility index (Phi) is 21.4. The second kappa shape index (κ2) is 36.1. The number of aromatic nitrogens is 10. The Morgan fingerprint density at radius 1 is 0.146 bits per heavy atom. The maximum absolute atomic E-state index is 5.17. The number of hydrogen-bond acceptors (Lipinski definition) is 9. The molecule has 0 unspecified atom stereocenters. The van der Waals surface area contributed by atoms with Gasteiger partial charge in [0.25, 0.3) is 0 Å². The van der Waals surface area contributed by atoms with Crippen LogP contribution in [-0.4, -0.2) is 49.4 Å². The lowest BCUT2D eigenvalue weighted by atomic mass is 9.82. The standard InChI is InChI=1S/C48H34N4.C47H29N3.C39H25N3/c1-48(2)41-22-11-9-20-37(41)39-29-33(24-26-42(39)48)34-25-27-44-40(30-34)38-21-10-12-23-43(38)52(44)36-19-13-18-35(28-36)47-50-45(31-14-5-3-6-15-31)49-46(51-47)32-16-7-4-8-17-32;1-3-18-35-30(12-1)14-10-24-42(35)46-48-45(49-47(50-46)43-25-11-15-31-13-2-4-19-36(31)43)34-17-9-16-32(28-34)33-26-27-41-39-22-6-5-20-37(39)38-21-7-8-23-40(38)44(41)29-33;1-3-12-26(13-4-1)37-40-38(27-14-5-2-6-15-27)42-39(41-37)30-17-11-16-28(24-30)29-22-23-35-33-20-8-7-18-31(33)32-19-9-10-21-34(32)36(35)25-29/h3-30H,1-2H3;1-29H;1-25H. The van der Waals surface area contributed by atoms with Gasteiger partial charge in [-0.3, -0.25) is 0 Å². The number of fused-ring (bicyclic) bond motifs is 20. The third-order valence-electron chi connectivity index (χ3n) is 28.4. The molecule has 0 aliphatic heterocycles. The molecule has 0 spiro atoms. The van der Waals surface area contributed by atoms with E-state index in [1.165, 1.54) is 109 Å². The van der Waals surface area contributed by atoms with Gasteiger partial charge in [0.1, 0.15) is 0 Å². The van der Waals surface area contributed by atoms with E-state index in [1.807, 2.05) is 121 Å². The van der Waals surface area contributed by atoms with Crippen molar-refractivity contribution in [3.8, 4) is 153 Å². The zero-order chi connectivity index (χ0) is 95.7. The molecule has 1 aliphatic rings. The minimum Gasteiger partial charge on any atom is -0.309 e. The van der Waals surface area contributed by atoms with Crippen molar-refractivity contribution in [2.75, 3.05) is 0 Å². The summed E-state index contributed by atoms with van der Waals surface area (Å²) in [6.45, 7) is 4.66. The summed E-state index contributed by atoms with van der Waals surface area (Å²) in [6, 6.07) is 175. The van der Waals surface area contributed by atoms with E-state index in [1.54, 1.807) is 0 Å². The van der Waals surface area contributed by atoms with Crippen molar-refractivity contribution in [2.24, 2.45) is 0 Å². The van der Waals surface area contributed by atoms with Crippen molar-refractivity contribution in [1.29, 1.82) is 0 Å². The molecule has 0 bridgehead atoms. The van der Waals surface area contributed by atoms with Crippen LogP contribution in [0.5, 0.6) is 0 Å². The summed E-state index contributed by atoms with van der Waals surface area (Å²) in [5.74, 6) is 5.87. The van der Waals surface area contributed by atoms with Crippen LogP contribution < -0.4 is 0 Å². The van der Waals surface area contributed by atoms with E-state index in [-0.39, 0.29) is 5.41 Å². The normalized spacial score (nSPS) is 12.0. The van der Waals surface area contributed by atoms with Gasteiger partial charge in [-0.05, 0) is 202 Å². The highest BCUT2D eigenvalue weighted by atomic mass is 15.1. The molecule has 27 aromatic rings. The van der Waals surface area contributed by atoms with Crippen LogP contribution in [0.2, 0.25) is 0 Å². The molecule has 10 nitrogen and oxygen atoms in total. The van der Waals surface area contributed by atoms with Crippen molar-refractivity contribution in [3.05, 3.63) is 509 Å². The van der Waals surface area contributed by atoms with Crippen LogP contribution in [0.1, 0.15) is 25.0 Å². The summed E-state index contributed by atoms with van der Waals surface area (Å²) >= 11 is 0. The van der Waals surface area contributed by atoms with Gasteiger partial charge >= 0.3 is 0 Å². The number of rotatable bonds is 13. The minimum absolute atomic E-state index is 0.0100.